The molecule has 6 nitrogen and oxygen atoms in total. The summed E-state index contributed by atoms with van der Waals surface area (Å²) in [6, 6.07) is 15.1. The molecule has 3 aromatic carbocycles. The van der Waals surface area contributed by atoms with Crippen molar-refractivity contribution in [2.24, 2.45) is 0 Å². The third-order valence-electron chi connectivity index (χ3n) is 6.48. The molecule has 186 valence electrons. The van der Waals surface area contributed by atoms with Crippen molar-refractivity contribution in [2.45, 2.75) is 24.4 Å². The highest BCUT2D eigenvalue weighted by Gasteiger charge is 2.51. The Hall–Kier alpha value is -4.01. The topological polar surface area (TPSA) is 67.9 Å². The van der Waals surface area contributed by atoms with Gasteiger partial charge >= 0.3 is 6.18 Å². The Labute approximate surface area is 205 Å². The van der Waals surface area contributed by atoms with E-state index in [1.165, 1.54) is 11.0 Å². The molecule has 1 saturated carbocycles. The number of carbonyl (C=O) groups excluding carboxylic acids is 2. The molecule has 2 aliphatic rings. The number of benzene rings is 3. The van der Waals surface area contributed by atoms with Crippen LogP contribution in [0.1, 0.15) is 34.3 Å². The molecule has 0 bridgehead atoms. The van der Waals surface area contributed by atoms with E-state index in [2.05, 4.69) is 5.32 Å². The Kier molecular flexibility index (Phi) is 5.65. The molecule has 1 aliphatic heterocycles. The van der Waals surface area contributed by atoms with E-state index in [1.54, 1.807) is 56.6 Å². The van der Waals surface area contributed by atoms with Crippen LogP contribution in [0.15, 0.2) is 60.7 Å². The number of halogens is 3. The van der Waals surface area contributed by atoms with E-state index in [0.717, 1.165) is 17.7 Å². The summed E-state index contributed by atoms with van der Waals surface area (Å²) >= 11 is 0. The largest absolute Gasteiger partial charge is 0.454 e. The zero-order valence-corrected chi connectivity index (χ0v) is 19.6. The second kappa shape index (κ2) is 8.58. The molecule has 1 aliphatic carbocycles. The lowest BCUT2D eigenvalue weighted by Crippen LogP contribution is -2.28. The molecule has 1 N–H and O–H groups in total. The number of fused-ring (bicyclic) bond motifs is 1. The van der Waals surface area contributed by atoms with Gasteiger partial charge in [0.25, 0.3) is 5.91 Å². The fourth-order valence-electron chi connectivity index (χ4n) is 4.34. The number of nitrogens with one attached hydrogen (secondary N) is 1. The van der Waals surface area contributed by atoms with Crippen LogP contribution in [0.2, 0.25) is 0 Å². The smallest absolute Gasteiger partial charge is 0.416 e. The molecular weight excluding hydrogens is 473 g/mol. The molecule has 1 heterocycles. The van der Waals surface area contributed by atoms with E-state index in [1.807, 2.05) is 0 Å². The average molecular weight is 496 g/mol. The number of hydrogen-bond donors (Lipinski definition) is 1. The van der Waals surface area contributed by atoms with Gasteiger partial charge in [0.15, 0.2) is 11.5 Å². The number of anilines is 1. The quantitative estimate of drug-likeness (QED) is 0.509. The van der Waals surface area contributed by atoms with Crippen molar-refractivity contribution in [1.82, 2.24) is 4.90 Å². The number of alkyl halides is 3. The minimum atomic E-state index is -4.62. The number of hydrogen-bond acceptors (Lipinski definition) is 4. The first-order valence-corrected chi connectivity index (χ1v) is 11.3. The average Bonchev–Trinajstić information content (AvgIpc) is 3.53. The fourth-order valence-corrected chi connectivity index (χ4v) is 4.34. The first kappa shape index (κ1) is 23.7. The van der Waals surface area contributed by atoms with Gasteiger partial charge in [-0.25, -0.2) is 0 Å². The van der Waals surface area contributed by atoms with Crippen LogP contribution in [0.5, 0.6) is 11.5 Å². The van der Waals surface area contributed by atoms with Crippen LogP contribution >= 0.6 is 0 Å². The third-order valence-corrected chi connectivity index (χ3v) is 6.48. The Morgan fingerprint density at radius 1 is 0.917 bits per heavy atom. The van der Waals surface area contributed by atoms with Gasteiger partial charge in [-0.05, 0) is 72.0 Å². The number of ether oxygens (including phenoxy) is 2. The van der Waals surface area contributed by atoms with Crippen LogP contribution in [0, 0.1) is 0 Å². The van der Waals surface area contributed by atoms with Crippen molar-refractivity contribution < 1.29 is 32.2 Å². The minimum absolute atomic E-state index is 0.0289. The van der Waals surface area contributed by atoms with E-state index in [-0.39, 0.29) is 29.9 Å². The van der Waals surface area contributed by atoms with Crippen LogP contribution in [0.4, 0.5) is 18.9 Å². The standard InChI is InChI=1S/C27H23F3N2O4/c1-32(2)24(33)17-5-3-4-16(10-17)18-11-20(27(28,29)30)13-21(12-18)31-25(34)26(8-9-26)19-6-7-22-23(14-19)36-15-35-22/h3-7,10-14H,8-9,15H2,1-2H3,(H,31,34). The molecule has 0 atom stereocenters. The van der Waals surface area contributed by atoms with E-state index in [4.69, 9.17) is 9.47 Å². The summed E-state index contributed by atoms with van der Waals surface area (Å²) in [6.45, 7) is 0.104. The van der Waals surface area contributed by atoms with Gasteiger partial charge in [-0.2, -0.15) is 13.2 Å². The predicted octanol–water partition coefficient (Wildman–Crippen LogP) is 5.47. The van der Waals surface area contributed by atoms with Gasteiger partial charge in [-0.15, -0.1) is 0 Å². The molecule has 0 unspecified atom stereocenters. The molecule has 3 aromatic rings. The Bertz CT molecular complexity index is 1360. The van der Waals surface area contributed by atoms with E-state index < -0.39 is 17.2 Å². The van der Waals surface area contributed by atoms with Crippen molar-refractivity contribution >= 4 is 17.5 Å². The highest BCUT2D eigenvalue weighted by Crippen LogP contribution is 2.51. The summed E-state index contributed by atoms with van der Waals surface area (Å²) in [6.07, 6.45) is -3.49. The van der Waals surface area contributed by atoms with Crippen molar-refractivity contribution in [3.63, 3.8) is 0 Å². The van der Waals surface area contributed by atoms with E-state index in [0.29, 0.717) is 35.5 Å². The predicted molar refractivity (Wildman–Crippen MR) is 127 cm³/mol. The van der Waals surface area contributed by atoms with Gasteiger partial charge in [-0.3, -0.25) is 9.59 Å². The van der Waals surface area contributed by atoms with E-state index >= 15 is 0 Å². The number of carbonyl (C=O) groups is 2. The van der Waals surface area contributed by atoms with E-state index in [9.17, 15) is 22.8 Å². The maximum absolute atomic E-state index is 13.8. The van der Waals surface area contributed by atoms with Crippen molar-refractivity contribution in [3.05, 3.63) is 77.4 Å². The molecule has 36 heavy (non-hydrogen) atoms. The fraction of sp³-hybridized carbons (Fsp3) is 0.259. The molecule has 0 aromatic heterocycles. The SMILES string of the molecule is CN(C)C(=O)c1cccc(-c2cc(NC(=O)C3(c4ccc5c(c4)OCO5)CC3)cc(C(F)(F)F)c2)c1. The molecular formula is C27H23F3N2O4. The van der Waals surface area contributed by atoms with Gasteiger partial charge in [-0.1, -0.05) is 18.2 Å². The number of amides is 2. The summed E-state index contributed by atoms with van der Waals surface area (Å²) in [5.74, 6) is 0.479. The van der Waals surface area contributed by atoms with Crippen LogP contribution in [-0.4, -0.2) is 37.6 Å². The first-order chi connectivity index (χ1) is 17.1. The third kappa shape index (κ3) is 4.36. The van der Waals surface area contributed by atoms with Crippen molar-refractivity contribution in [2.75, 3.05) is 26.2 Å². The highest BCUT2D eigenvalue weighted by molar-refractivity contribution is 6.02. The molecule has 5 rings (SSSR count). The lowest BCUT2D eigenvalue weighted by atomic mass is 9.94. The first-order valence-electron chi connectivity index (χ1n) is 11.3. The van der Waals surface area contributed by atoms with Crippen LogP contribution < -0.4 is 14.8 Å². The van der Waals surface area contributed by atoms with Crippen molar-refractivity contribution in [3.8, 4) is 22.6 Å². The summed E-state index contributed by atoms with van der Waals surface area (Å²) in [4.78, 5) is 27.1. The number of rotatable bonds is 5. The molecule has 0 spiro atoms. The van der Waals surface area contributed by atoms with Crippen LogP contribution in [-0.2, 0) is 16.4 Å². The second-order valence-corrected chi connectivity index (χ2v) is 9.18. The zero-order valence-electron chi connectivity index (χ0n) is 19.6. The number of nitrogens with zero attached hydrogens (tertiary/aromatic N) is 1. The summed E-state index contributed by atoms with van der Waals surface area (Å²) in [5.41, 5.74) is 0.0379. The molecule has 9 heteroatoms. The van der Waals surface area contributed by atoms with Gasteiger partial charge < -0.3 is 19.7 Å². The van der Waals surface area contributed by atoms with Crippen LogP contribution in [0.3, 0.4) is 0 Å². The van der Waals surface area contributed by atoms with Gasteiger partial charge in [0.05, 0.1) is 11.0 Å². The van der Waals surface area contributed by atoms with Gasteiger partial charge in [0.1, 0.15) is 0 Å². The molecule has 1 fully saturated rings. The van der Waals surface area contributed by atoms with Gasteiger partial charge in [0, 0.05) is 25.3 Å². The summed E-state index contributed by atoms with van der Waals surface area (Å²) in [5, 5.41) is 2.70. The normalized spacial score (nSPS) is 15.4. The maximum atomic E-state index is 13.8. The lowest BCUT2D eigenvalue weighted by Gasteiger charge is -2.18. The Morgan fingerprint density at radius 2 is 1.67 bits per heavy atom. The minimum Gasteiger partial charge on any atom is -0.454 e. The Balaban J connectivity index is 1.48. The van der Waals surface area contributed by atoms with Crippen LogP contribution in [0.25, 0.3) is 11.1 Å². The molecule has 0 saturated heterocycles. The highest BCUT2D eigenvalue weighted by atomic mass is 19.4. The summed E-state index contributed by atoms with van der Waals surface area (Å²) < 4.78 is 52.0. The van der Waals surface area contributed by atoms with Crippen molar-refractivity contribution in [1.29, 1.82) is 0 Å². The summed E-state index contributed by atoms with van der Waals surface area (Å²) in [7, 11) is 3.20. The second-order valence-electron chi connectivity index (χ2n) is 9.18. The maximum Gasteiger partial charge on any atom is 0.416 e. The lowest BCUT2D eigenvalue weighted by molar-refractivity contribution is -0.137. The monoisotopic (exact) mass is 496 g/mol. The molecule has 2 amide bonds. The Morgan fingerprint density at radius 3 is 2.36 bits per heavy atom. The molecule has 0 radical (unpaired) electrons. The van der Waals surface area contributed by atoms with Gasteiger partial charge in [0.2, 0.25) is 12.7 Å². The zero-order chi connectivity index (χ0) is 25.7.